The van der Waals surface area contributed by atoms with E-state index in [1.807, 2.05) is 35.2 Å². The first-order chi connectivity index (χ1) is 14.6. The second-order valence-electron chi connectivity index (χ2n) is 7.83. The summed E-state index contributed by atoms with van der Waals surface area (Å²) in [5.74, 6) is 0.914. The minimum Gasteiger partial charge on any atom is -0.425 e. The Labute approximate surface area is 175 Å². The Bertz CT molecular complexity index is 972. The Morgan fingerprint density at radius 3 is 2.67 bits per heavy atom. The molecular formula is C24H26FN3O2. The number of hydrogen-bond acceptors (Lipinski definition) is 4. The van der Waals surface area contributed by atoms with E-state index in [1.54, 1.807) is 12.1 Å². The van der Waals surface area contributed by atoms with Crippen LogP contribution in [0.4, 0.5) is 4.39 Å². The first-order valence-electron chi connectivity index (χ1n) is 10.5. The number of piperidine rings is 1. The zero-order valence-electron chi connectivity index (χ0n) is 17.1. The Balaban J connectivity index is 1.43. The third-order valence-corrected chi connectivity index (χ3v) is 5.74. The molecule has 1 aliphatic rings. The summed E-state index contributed by atoms with van der Waals surface area (Å²) in [6, 6.07) is 16.2. The van der Waals surface area contributed by atoms with Crippen LogP contribution in [0, 0.1) is 5.82 Å². The Kier molecular flexibility index (Phi) is 6.21. The zero-order chi connectivity index (χ0) is 20.9. The van der Waals surface area contributed by atoms with Crippen LogP contribution in [0.25, 0.3) is 0 Å². The van der Waals surface area contributed by atoms with Crippen LogP contribution in [0.5, 0.6) is 0 Å². The lowest BCUT2D eigenvalue weighted by molar-refractivity contribution is -0.134. The van der Waals surface area contributed by atoms with E-state index in [1.165, 1.54) is 12.1 Å². The van der Waals surface area contributed by atoms with E-state index in [4.69, 9.17) is 4.42 Å². The summed E-state index contributed by atoms with van der Waals surface area (Å²) < 4.78 is 19.0. The lowest BCUT2D eigenvalue weighted by Gasteiger charge is -2.33. The van der Waals surface area contributed by atoms with Gasteiger partial charge in [-0.1, -0.05) is 49.4 Å². The van der Waals surface area contributed by atoms with Crippen LogP contribution in [-0.2, 0) is 11.2 Å². The summed E-state index contributed by atoms with van der Waals surface area (Å²) in [7, 11) is 0. The number of benzene rings is 2. The van der Waals surface area contributed by atoms with Gasteiger partial charge in [0.05, 0.1) is 18.3 Å². The molecule has 30 heavy (non-hydrogen) atoms. The lowest BCUT2D eigenvalue weighted by atomic mass is 9.92. The molecule has 1 aromatic heterocycles. The molecule has 1 amide bonds. The number of rotatable bonds is 6. The first-order valence-corrected chi connectivity index (χ1v) is 10.5. The standard InChI is InChI=1S/C24H26FN3O2/c1-2-21(18-7-4-3-5-8-18)24(29)28-14-6-9-19(16-28)23-27-26-22(30-23)15-17-10-12-20(25)13-11-17/h3-5,7-8,10-13,19,21H,2,6,9,14-16H2,1H3. The molecule has 0 saturated carbocycles. The monoisotopic (exact) mass is 407 g/mol. The van der Waals surface area contributed by atoms with Crippen LogP contribution < -0.4 is 0 Å². The molecule has 0 bridgehead atoms. The van der Waals surface area contributed by atoms with Crippen molar-refractivity contribution in [3.63, 3.8) is 0 Å². The normalized spacial score (nSPS) is 17.7. The van der Waals surface area contributed by atoms with E-state index in [2.05, 4.69) is 17.1 Å². The zero-order valence-corrected chi connectivity index (χ0v) is 17.1. The van der Waals surface area contributed by atoms with E-state index in [0.717, 1.165) is 36.9 Å². The van der Waals surface area contributed by atoms with E-state index in [9.17, 15) is 9.18 Å². The van der Waals surface area contributed by atoms with Crippen LogP contribution in [0.3, 0.4) is 0 Å². The van der Waals surface area contributed by atoms with Crippen molar-refractivity contribution in [2.24, 2.45) is 0 Å². The smallest absolute Gasteiger partial charge is 0.230 e. The maximum Gasteiger partial charge on any atom is 0.230 e. The second kappa shape index (κ2) is 9.20. The number of nitrogens with zero attached hydrogens (tertiary/aromatic N) is 3. The molecule has 0 spiro atoms. The predicted molar refractivity (Wildman–Crippen MR) is 112 cm³/mol. The van der Waals surface area contributed by atoms with Crippen molar-refractivity contribution in [3.05, 3.63) is 83.3 Å². The van der Waals surface area contributed by atoms with Crippen LogP contribution in [0.1, 0.15) is 60.9 Å². The minimum absolute atomic E-state index is 0.0467. The van der Waals surface area contributed by atoms with Gasteiger partial charge in [-0.25, -0.2) is 4.39 Å². The highest BCUT2D eigenvalue weighted by Gasteiger charge is 2.31. The third-order valence-electron chi connectivity index (χ3n) is 5.74. The van der Waals surface area contributed by atoms with E-state index in [-0.39, 0.29) is 23.6 Å². The number of amides is 1. The van der Waals surface area contributed by atoms with Crippen molar-refractivity contribution in [2.45, 2.75) is 44.4 Å². The molecule has 1 saturated heterocycles. The van der Waals surface area contributed by atoms with Crippen molar-refractivity contribution in [3.8, 4) is 0 Å². The van der Waals surface area contributed by atoms with Gasteiger partial charge in [-0.05, 0) is 42.5 Å². The van der Waals surface area contributed by atoms with Crippen molar-refractivity contribution >= 4 is 5.91 Å². The highest BCUT2D eigenvalue weighted by molar-refractivity contribution is 5.83. The van der Waals surface area contributed by atoms with E-state index >= 15 is 0 Å². The van der Waals surface area contributed by atoms with E-state index < -0.39 is 0 Å². The number of likely N-dealkylation sites (tertiary alicyclic amines) is 1. The molecule has 6 heteroatoms. The molecule has 4 rings (SSSR count). The number of carbonyl (C=O) groups is 1. The van der Waals surface area contributed by atoms with Crippen LogP contribution >= 0.6 is 0 Å². The maximum absolute atomic E-state index is 13.2. The summed E-state index contributed by atoms with van der Waals surface area (Å²) in [6.07, 6.45) is 3.07. The highest BCUT2D eigenvalue weighted by atomic mass is 19.1. The Morgan fingerprint density at radius 2 is 1.93 bits per heavy atom. The summed E-state index contributed by atoms with van der Waals surface area (Å²) in [5.41, 5.74) is 1.98. The molecule has 0 N–H and O–H groups in total. The molecule has 5 nitrogen and oxygen atoms in total. The van der Waals surface area contributed by atoms with Crippen molar-refractivity contribution < 1.29 is 13.6 Å². The second-order valence-corrected chi connectivity index (χ2v) is 7.83. The van der Waals surface area contributed by atoms with Gasteiger partial charge < -0.3 is 9.32 Å². The number of halogens is 1. The highest BCUT2D eigenvalue weighted by Crippen LogP contribution is 2.30. The van der Waals surface area contributed by atoms with Crippen molar-refractivity contribution in [1.29, 1.82) is 0 Å². The lowest BCUT2D eigenvalue weighted by Crippen LogP contribution is -2.41. The average Bonchev–Trinajstić information content (AvgIpc) is 3.25. The Morgan fingerprint density at radius 1 is 1.17 bits per heavy atom. The van der Waals surface area contributed by atoms with Gasteiger partial charge >= 0.3 is 0 Å². The Hall–Kier alpha value is -3.02. The molecule has 2 unspecified atom stereocenters. The largest absolute Gasteiger partial charge is 0.425 e. The van der Waals surface area contributed by atoms with Gasteiger partial charge in [0, 0.05) is 13.1 Å². The molecule has 2 heterocycles. The maximum atomic E-state index is 13.2. The van der Waals surface area contributed by atoms with Gasteiger partial charge in [-0.15, -0.1) is 10.2 Å². The fraction of sp³-hybridized carbons (Fsp3) is 0.375. The molecule has 2 aromatic carbocycles. The summed E-state index contributed by atoms with van der Waals surface area (Å²) >= 11 is 0. The first kappa shape index (κ1) is 20.3. The topological polar surface area (TPSA) is 59.2 Å². The predicted octanol–water partition coefficient (Wildman–Crippen LogP) is 4.70. The van der Waals surface area contributed by atoms with Crippen LogP contribution in [0.15, 0.2) is 59.0 Å². The molecule has 0 aliphatic carbocycles. The molecule has 2 atom stereocenters. The fourth-order valence-corrected chi connectivity index (χ4v) is 4.12. The van der Waals surface area contributed by atoms with Crippen molar-refractivity contribution in [1.82, 2.24) is 15.1 Å². The fourth-order valence-electron chi connectivity index (χ4n) is 4.12. The SMILES string of the molecule is CCC(C(=O)N1CCCC(c2nnc(Cc3ccc(F)cc3)o2)C1)c1ccccc1. The molecule has 3 aromatic rings. The number of aromatic nitrogens is 2. The number of carbonyl (C=O) groups excluding carboxylic acids is 1. The van der Waals surface area contributed by atoms with Crippen LogP contribution in [-0.4, -0.2) is 34.1 Å². The van der Waals surface area contributed by atoms with Gasteiger partial charge in [0.2, 0.25) is 17.7 Å². The molecule has 156 valence electrons. The van der Waals surface area contributed by atoms with Gasteiger partial charge in [0.25, 0.3) is 0 Å². The van der Waals surface area contributed by atoms with Crippen molar-refractivity contribution in [2.75, 3.05) is 13.1 Å². The molecular weight excluding hydrogens is 381 g/mol. The average molecular weight is 407 g/mol. The number of hydrogen-bond donors (Lipinski definition) is 0. The van der Waals surface area contributed by atoms with E-state index in [0.29, 0.717) is 24.7 Å². The summed E-state index contributed by atoms with van der Waals surface area (Å²) in [6.45, 7) is 3.41. The quantitative estimate of drug-likeness (QED) is 0.594. The molecule has 1 fully saturated rings. The minimum atomic E-state index is -0.266. The summed E-state index contributed by atoms with van der Waals surface area (Å²) in [4.78, 5) is 15.2. The summed E-state index contributed by atoms with van der Waals surface area (Å²) in [5, 5.41) is 8.41. The molecule has 0 radical (unpaired) electrons. The molecule has 1 aliphatic heterocycles. The van der Waals surface area contributed by atoms with Gasteiger partial charge in [0.1, 0.15) is 5.82 Å². The van der Waals surface area contributed by atoms with Gasteiger partial charge in [0.15, 0.2) is 0 Å². The van der Waals surface area contributed by atoms with Gasteiger partial charge in [-0.2, -0.15) is 0 Å². The van der Waals surface area contributed by atoms with Gasteiger partial charge in [-0.3, -0.25) is 4.79 Å². The van der Waals surface area contributed by atoms with Crippen LogP contribution in [0.2, 0.25) is 0 Å². The third kappa shape index (κ3) is 4.58.